The van der Waals surface area contributed by atoms with E-state index >= 15 is 0 Å². The number of hydrogen-bond donors (Lipinski definition) is 0. The number of rotatable bonds is 2. The summed E-state index contributed by atoms with van der Waals surface area (Å²) in [6.45, 7) is 1.39. The summed E-state index contributed by atoms with van der Waals surface area (Å²) in [6, 6.07) is 3.82. The van der Waals surface area contributed by atoms with Gasteiger partial charge in [-0.15, -0.1) is 0 Å². The monoisotopic (exact) mass is 372 g/mol. The van der Waals surface area contributed by atoms with Crippen LogP contribution in [0, 0.1) is 6.92 Å². The molecule has 0 N–H and O–H groups in total. The molecule has 0 aliphatic rings. The fraction of sp³-hybridized carbons (Fsp3) is 0.154. The van der Waals surface area contributed by atoms with E-state index < -0.39 is 27.1 Å². The number of nitrogens with zero attached hydrogens (tertiary/aromatic N) is 4. The molecule has 0 atom stereocenters. The minimum atomic E-state index is -5.89. The lowest BCUT2D eigenvalue weighted by molar-refractivity contribution is -0.0501. The van der Waals surface area contributed by atoms with E-state index in [2.05, 4.69) is 24.1 Å². The Hall–Kier alpha value is -2.89. The van der Waals surface area contributed by atoms with Crippen LogP contribution in [0.25, 0.3) is 22.2 Å². The van der Waals surface area contributed by atoms with Crippen LogP contribution in [0.5, 0.6) is 5.88 Å². The second-order valence-electron chi connectivity index (χ2n) is 4.84. The van der Waals surface area contributed by atoms with Crippen LogP contribution in [0.2, 0.25) is 0 Å². The molecule has 0 aliphatic carbocycles. The quantitative estimate of drug-likeness (QED) is 0.491. The van der Waals surface area contributed by atoms with E-state index in [-0.39, 0.29) is 27.8 Å². The molecule has 0 saturated carbocycles. The Labute approximate surface area is 137 Å². The van der Waals surface area contributed by atoms with E-state index in [0.717, 1.165) is 6.07 Å². The van der Waals surface area contributed by atoms with Crippen molar-refractivity contribution in [2.45, 2.75) is 12.4 Å². The first kappa shape index (κ1) is 17.0. The zero-order valence-corrected chi connectivity index (χ0v) is 13.1. The van der Waals surface area contributed by atoms with Crippen LogP contribution < -0.4 is 9.74 Å². The molecule has 0 bridgehead atoms. The van der Waals surface area contributed by atoms with Gasteiger partial charge in [0.1, 0.15) is 5.52 Å². The summed E-state index contributed by atoms with van der Waals surface area (Å²) < 4.78 is 63.5. The third-order valence-corrected chi connectivity index (χ3v) is 4.02. The van der Waals surface area contributed by atoms with Crippen molar-refractivity contribution in [1.29, 1.82) is 0 Å². The van der Waals surface area contributed by atoms with E-state index in [4.69, 9.17) is 0 Å². The normalized spacial score (nSPS) is 12.5. The van der Waals surface area contributed by atoms with E-state index in [1.165, 1.54) is 25.3 Å². The van der Waals surface area contributed by atoms with Gasteiger partial charge in [0.05, 0.1) is 5.39 Å². The highest BCUT2D eigenvalue weighted by Crippen LogP contribution is 2.27. The van der Waals surface area contributed by atoms with Crippen molar-refractivity contribution in [3.63, 3.8) is 0 Å². The second kappa shape index (κ2) is 5.58. The van der Waals surface area contributed by atoms with Crippen LogP contribution in [0.3, 0.4) is 0 Å². The number of hydrogen-bond acceptors (Lipinski definition) is 8. The zero-order chi connectivity index (χ0) is 18.4. The molecular formula is C13H7F3N4O4S. The lowest BCUT2D eigenvalue weighted by Gasteiger charge is -2.09. The van der Waals surface area contributed by atoms with E-state index in [1.54, 1.807) is 0 Å². The highest BCUT2D eigenvalue weighted by molar-refractivity contribution is 7.87. The molecule has 0 saturated heterocycles. The third-order valence-electron chi connectivity index (χ3n) is 3.06. The van der Waals surface area contributed by atoms with E-state index in [1.807, 2.05) is 0 Å². The molecule has 0 aromatic carbocycles. The van der Waals surface area contributed by atoms with Crippen LogP contribution >= 0.6 is 0 Å². The maximum absolute atomic E-state index is 12.4. The van der Waals surface area contributed by atoms with Gasteiger partial charge in [-0.25, -0.2) is 15.0 Å². The first-order valence-electron chi connectivity index (χ1n) is 6.54. The van der Waals surface area contributed by atoms with Gasteiger partial charge in [0.25, 0.3) is 5.56 Å². The van der Waals surface area contributed by atoms with Gasteiger partial charge in [0, 0.05) is 12.3 Å². The fourth-order valence-corrected chi connectivity index (χ4v) is 2.36. The molecule has 0 amide bonds. The van der Waals surface area contributed by atoms with Gasteiger partial charge >= 0.3 is 15.6 Å². The molecule has 0 spiro atoms. The van der Waals surface area contributed by atoms with Gasteiger partial charge in [-0.05, 0) is 24.6 Å². The van der Waals surface area contributed by atoms with Crippen LogP contribution in [0.1, 0.15) is 5.56 Å². The number of aryl methyl sites for hydroxylation is 1. The number of fused-ring (bicyclic) bond motifs is 2. The van der Waals surface area contributed by atoms with Crippen molar-refractivity contribution in [3.8, 4) is 5.88 Å². The van der Waals surface area contributed by atoms with Crippen LogP contribution in [0.15, 0.2) is 29.2 Å². The summed E-state index contributed by atoms with van der Waals surface area (Å²) in [4.78, 5) is 27.4. The Morgan fingerprint density at radius 3 is 2.52 bits per heavy atom. The zero-order valence-electron chi connectivity index (χ0n) is 12.3. The average molecular weight is 372 g/mol. The topological polar surface area (TPSA) is 112 Å². The smallest absolute Gasteiger partial charge is 0.355 e. The van der Waals surface area contributed by atoms with E-state index in [0.29, 0.717) is 0 Å². The SMILES string of the molecule is Cc1cc(OS(=O)(=O)C(F)(F)F)nc2nc3ncccc3c(=O)nc12. The number of alkyl halides is 3. The summed E-state index contributed by atoms with van der Waals surface area (Å²) in [5.41, 5.74) is -6.45. The Bertz CT molecular complexity index is 1170. The molecule has 8 nitrogen and oxygen atoms in total. The van der Waals surface area contributed by atoms with Crippen molar-refractivity contribution < 1.29 is 25.8 Å². The number of aromatic nitrogens is 4. The summed E-state index contributed by atoms with van der Waals surface area (Å²) in [7, 11) is -5.89. The average Bonchev–Trinajstić information content (AvgIpc) is 2.63. The first-order valence-corrected chi connectivity index (χ1v) is 7.94. The molecule has 3 rings (SSSR count). The molecule has 0 radical (unpaired) electrons. The molecule has 3 aromatic rings. The highest BCUT2D eigenvalue weighted by atomic mass is 32.2. The van der Waals surface area contributed by atoms with Gasteiger partial charge in [0.15, 0.2) is 11.3 Å². The van der Waals surface area contributed by atoms with Gasteiger partial charge < -0.3 is 4.18 Å². The Morgan fingerprint density at radius 1 is 1.12 bits per heavy atom. The lowest BCUT2D eigenvalue weighted by Crippen LogP contribution is -2.28. The van der Waals surface area contributed by atoms with Gasteiger partial charge in [-0.3, -0.25) is 4.79 Å². The molecule has 0 aliphatic heterocycles. The fourth-order valence-electron chi connectivity index (χ4n) is 1.95. The van der Waals surface area contributed by atoms with Crippen molar-refractivity contribution in [1.82, 2.24) is 19.9 Å². The molecule has 0 unspecified atom stereocenters. The molecular weight excluding hydrogens is 365 g/mol. The van der Waals surface area contributed by atoms with Crippen molar-refractivity contribution in [2.24, 2.45) is 0 Å². The lowest BCUT2D eigenvalue weighted by atomic mass is 10.2. The van der Waals surface area contributed by atoms with E-state index in [9.17, 15) is 26.4 Å². The minimum absolute atomic E-state index is 0.0141. The summed E-state index contributed by atoms with van der Waals surface area (Å²) in [6.07, 6.45) is 1.35. The standard InChI is InChI=1S/C13H7F3N4O4S/c1-6-5-8(24-25(22,23)13(14,15)16)18-11-9(6)19-12(21)7-3-2-4-17-10(7)20-11/h2-5H,1H3. The van der Waals surface area contributed by atoms with Crippen molar-refractivity contribution in [3.05, 3.63) is 40.3 Å². The predicted molar refractivity (Wildman–Crippen MR) is 79.2 cm³/mol. The van der Waals surface area contributed by atoms with Crippen LogP contribution in [0.4, 0.5) is 13.2 Å². The molecule has 3 heterocycles. The number of pyridine rings is 2. The third kappa shape index (κ3) is 3.07. The Morgan fingerprint density at radius 2 is 1.84 bits per heavy atom. The highest BCUT2D eigenvalue weighted by Gasteiger charge is 2.48. The van der Waals surface area contributed by atoms with Crippen molar-refractivity contribution >= 4 is 32.3 Å². The summed E-state index contributed by atoms with van der Waals surface area (Å²) >= 11 is 0. The van der Waals surface area contributed by atoms with Gasteiger partial charge in [0.2, 0.25) is 5.88 Å². The predicted octanol–water partition coefficient (Wildman–Crippen LogP) is 1.47. The van der Waals surface area contributed by atoms with Crippen LogP contribution in [-0.4, -0.2) is 33.9 Å². The maximum Gasteiger partial charge on any atom is 0.534 e. The maximum atomic E-state index is 12.4. The number of halogens is 3. The van der Waals surface area contributed by atoms with Crippen molar-refractivity contribution in [2.75, 3.05) is 0 Å². The van der Waals surface area contributed by atoms with Crippen LogP contribution in [-0.2, 0) is 10.1 Å². The molecule has 0 fully saturated rings. The Balaban J connectivity index is 2.28. The Kier molecular flexibility index (Phi) is 3.78. The summed E-state index contributed by atoms with van der Waals surface area (Å²) in [5.74, 6) is -0.848. The largest absolute Gasteiger partial charge is 0.534 e. The molecule has 3 aromatic heterocycles. The molecule has 12 heteroatoms. The van der Waals surface area contributed by atoms with Gasteiger partial charge in [-0.1, -0.05) is 0 Å². The second-order valence-corrected chi connectivity index (χ2v) is 6.37. The van der Waals surface area contributed by atoms with Gasteiger partial charge in [-0.2, -0.15) is 26.6 Å². The first-order chi connectivity index (χ1) is 11.6. The molecule has 130 valence electrons. The molecule has 25 heavy (non-hydrogen) atoms. The summed E-state index contributed by atoms with van der Waals surface area (Å²) in [5, 5.41) is 0.0743. The minimum Gasteiger partial charge on any atom is -0.355 e.